The Labute approximate surface area is 205 Å². The molecule has 0 aliphatic rings. The van der Waals surface area contributed by atoms with E-state index in [1.165, 1.54) is 0 Å². The van der Waals surface area contributed by atoms with Crippen LogP contribution in [0.1, 0.15) is 44.2 Å². The molecule has 0 heterocycles. The summed E-state index contributed by atoms with van der Waals surface area (Å²) >= 11 is 12.3. The lowest BCUT2D eigenvalue weighted by Gasteiger charge is -2.31. The van der Waals surface area contributed by atoms with E-state index in [9.17, 15) is 9.59 Å². The summed E-state index contributed by atoms with van der Waals surface area (Å²) in [5.41, 5.74) is 1.96. The molecule has 0 aliphatic heterocycles. The van der Waals surface area contributed by atoms with Crippen LogP contribution in [-0.2, 0) is 22.6 Å². The molecule has 3 aromatic carbocycles. The number of benzene rings is 3. The smallest absolute Gasteiger partial charge is 0.242 e. The van der Waals surface area contributed by atoms with Crippen LogP contribution in [0, 0.1) is 0 Å². The molecule has 3 rings (SSSR count). The Kier molecular flexibility index (Phi) is 9.16. The van der Waals surface area contributed by atoms with Gasteiger partial charge in [0.1, 0.15) is 6.04 Å². The number of fused-ring (bicyclic) bond motifs is 1. The van der Waals surface area contributed by atoms with Crippen molar-refractivity contribution in [2.24, 2.45) is 0 Å². The minimum atomic E-state index is -0.550. The SMILES string of the molecule is CCCNC(=O)C(CC)N(Cc1ccc(Cl)c(Cl)c1)C(=O)CCc1cccc2ccccc12. The molecule has 2 amide bonds. The summed E-state index contributed by atoms with van der Waals surface area (Å²) < 4.78 is 0. The third-order valence-electron chi connectivity index (χ3n) is 5.76. The number of nitrogens with zero attached hydrogens (tertiary/aromatic N) is 1. The zero-order valence-corrected chi connectivity index (χ0v) is 20.6. The number of carbonyl (C=O) groups excluding carboxylic acids is 2. The maximum Gasteiger partial charge on any atom is 0.242 e. The van der Waals surface area contributed by atoms with Crippen LogP contribution in [0.2, 0.25) is 10.0 Å². The van der Waals surface area contributed by atoms with Gasteiger partial charge in [0.15, 0.2) is 0 Å². The van der Waals surface area contributed by atoms with Crippen molar-refractivity contribution in [3.8, 4) is 0 Å². The van der Waals surface area contributed by atoms with E-state index < -0.39 is 6.04 Å². The van der Waals surface area contributed by atoms with E-state index in [4.69, 9.17) is 23.2 Å². The van der Waals surface area contributed by atoms with Gasteiger partial charge in [-0.1, -0.05) is 85.6 Å². The molecule has 0 aromatic heterocycles. The van der Waals surface area contributed by atoms with E-state index >= 15 is 0 Å². The first-order chi connectivity index (χ1) is 15.9. The summed E-state index contributed by atoms with van der Waals surface area (Å²) in [5.74, 6) is -0.189. The Hall–Kier alpha value is -2.56. The fourth-order valence-electron chi connectivity index (χ4n) is 4.02. The average molecular weight is 485 g/mol. The van der Waals surface area contributed by atoms with Crippen molar-refractivity contribution in [3.05, 3.63) is 81.8 Å². The summed E-state index contributed by atoms with van der Waals surface area (Å²) in [7, 11) is 0. The van der Waals surface area contributed by atoms with Crippen LogP contribution in [0.3, 0.4) is 0 Å². The van der Waals surface area contributed by atoms with Gasteiger partial charge in [-0.25, -0.2) is 0 Å². The molecule has 0 saturated heterocycles. The standard InChI is InChI=1S/C27H30Cl2N2O2/c1-3-16-30-27(33)25(4-2)31(18-19-12-14-23(28)24(29)17-19)26(32)15-13-21-10-7-9-20-8-5-6-11-22(20)21/h5-12,14,17,25H,3-4,13,15-16,18H2,1-2H3,(H,30,33). The van der Waals surface area contributed by atoms with Gasteiger partial charge in [0.05, 0.1) is 10.0 Å². The Balaban J connectivity index is 1.83. The second-order valence-electron chi connectivity index (χ2n) is 8.12. The van der Waals surface area contributed by atoms with Gasteiger partial charge in [0, 0.05) is 19.5 Å². The summed E-state index contributed by atoms with van der Waals surface area (Å²) in [6.45, 7) is 4.81. The van der Waals surface area contributed by atoms with E-state index in [0.717, 1.165) is 28.3 Å². The maximum absolute atomic E-state index is 13.5. The highest BCUT2D eigenvalue weighted by molar-refractivity contribution is 6.42. The highest BCUT2D eigenvalue weighted by atomic mass is 35.5. The largest absolute Gasteiger partial charge is 0.354 e. The van der Waals surface area contributed by atoms with Crippen molar-refractivity contribution >= 4 is 45.8 Å². The van der Waals surface area contributed by atoms with Crippen LogP contribution in [0.25, 0.3) is 10.8 Å². The third-order valence-corrected chi connectivity index (χ3v) is 6.50. The van der Waals surface area contributed by atoms with E-state index in [1.807, 2.05) is 38.1 Å². The van der Waals surface area contributed by atoms with Gasteiger partial charge >= 0.3 is 0 Å². The number of aryl methyl sites for hydroxylation is 1. The summed E-state index contributed by atoms with van der Waals surface area (Å²) in [6.07, 6.45) is 2.28. The Morgan fingerprint density at radius 2 is 1.73 bits per heavy atom. The fourth-order valence-corrected chi connectivity index (χ4v) is 4.34. The molecule has 1 atom stereocenters. The van der Waals surface area contributed by atoms with E-state index in [1.54, 1.807) is 17.0 Å². The number of nitrogens with one attached hydrogen (secondary N) is 1. The van der Waals surface area contributed by atoms with Crippen molar-refractivity contribution in [2.75, 3.05) is 6.54 Å². The second kappa shape index (κ2) is 12.1. The number of halogens is 2. The van der Waals surface area contributed by atoms with Gasteiger partial charge in [-0.3, -0.25) is 9.59 Å². The molecule has 174 valence electrons. The summed E-state index contributed by atoms with van der Waals surface area (Å²) in [6, 6.07) is 19.1. The normalized spacial score (nSPS) is 11.9. The summed E-state index contributed by atoms with van der Waals surface area (Å²) in [5, 5.41) is 6.14. The molecular formula is C27H30Cl2N2O2. The summed E-state index contributed by atoms with van der Waals surface area (Å²) in [4.78, 5) is 28.0. The number of hydrogen-bond donors (Lipinski definition) is 1. The fraction of sp³-hybridized carbons (Fsp3) is 0.333. The number of rotatable bonds is 10. The molecule has 0 bridgehead atoms. The lowest BCUT2D eigenvalue weighted by atomic mass is 10.00. The second-order valence-corrected chi connectivity index (χ2v) is 8.94. The molecule has 0 saturated carbocycles. The van der Waals surface area contributed by atoms with Crippen molar-refractivity contribution in [1.82, 2.24) is 10.2 Å². The molecule has 0 spiro atoms. The molecule has 0 aliphatic carbocycles. The average Bonchev–Trinajstić information content (AvgIpc) is 2.83. The molecule has 4 nitrogen and oxygen atoms in total. The molecule has 6 heteroatoms. The van der Waals surface area contributed by atoms with Gasteiger partial charge in [0.25, 0.3) is 0 Å². The van der Waals surface area contributed by atoms with Crippen molar-refractivity contribution < 1.29 is 9.59 Å². The van der Waals surface area contributed by atoms with Crippen molar-refractivity contribution in [1.29, 1.82) is 0 Å². The van der Waals surface area contributed by atoms with Crippen LogP contribution in [0.5, 0.6) is 0 Å². The minimum absolute atomic E-state index is 0.0625. The zero-order chi connectivity index (χ0) is 23.8. The van der Waals surface area contributed by atoms with Crippen molar-refractivity contribution in [3.63, 3.8) is 0 Å². The van der Waals surface area contributed by atoms with Crippen LogP contribution >= 0.6 is 23.2 Å². The lowest BCUT2D eigenvalue weighted by Crippen LogP contribution is -2.49. The van der Waals surface area contributed by atoms with Crippen LogP contribution in [-0.4, -0.2) is 29.3 Å². The maximum atomic E-state index is 13.5. The van der Waals surface area contributed by atoms with Gasteiger partial charge in [0.2, 0.25) is 11.8 Å². The minimum Gasteiger partial charge on any atom is -0.354 e. The van der Waals surface area contributed by atoms with E-state index in [0.29, 0.717) is 42.4 Å². The predicted octanol–water partition coefficient (Wildman–Crippen LogP) is 6.41. The molecule has 0 fully saturated rings. The number of hydrogen-bond acceptors (Lipinski definition) is 2. The van der Waals surface area contributed by atoms with E-state index in [2.05, 4.69) is 29.6 Å². The first-order valence-corrected chi connectivity index (χ1v) is 12.2. The van der Waals surface area contributed by atoms with Gasteiger partial charge in [-0.05, 0) is 53.3 Å². The quantitative estimate of drug-likeness (QED) is 0.361. The zero-order valence-electron chi connectivity index (χ0n) is 19.1. The van der Waals surface area contributed by atoms with Gasteiger partial charge in [-0.15, -0.1) is 0 Å². The van der Waals surface area contributed by atoms with Gasteiger partial charge in [-0.2, -0.15) is 0 Å². The molecular weight excluding hydrogens is 455 g/mol. The first kappa shape index (κ1) is 25.1. The molecule has 1 N–H and O–H groups in total. The highest BCUT2D eigenvalue weighted by Crippen LogP contribution is 2.25. The Morgan fingerprint density at radius 3 is 2.45 bits per heavy atom. The van der Waals surface area contributed by atoms with Crippen LogP contribution in [0.4, 0.5) is 0 Å². The Bertz CT molecular complexity index is 1110. The number of amides is 2. The highest BCUT2D eigenvalue weighted by Gasteiger charge is 2.28. The molecule has 33 heavy (non-hydrogen) atoms. The third kappa shape index (κ3) is 6.49. The van der Waals surface area contributed by atoms with Crippen LogP contribution < -0.4 is 5.32 Å². The lowest BCUT2D eigenvalue weighted by molar-refractivity contribution is -0.141. The Morgan fingerprint density at radius 1 is 0.970 bits per heavy atom. The molecule has 3 aromatic rings. The van der Waals surface area contributed by atoms with E-state index in [-0.39, 0.29) is 11.8 Å². The van der Waals surface area contributed by atoms with Crippen molar-refractivity contribution in [2.45, 2.75) is 52.1 Å². The topological polar surface area (TPSA) is 49.4 Å². The van der Waals surface area contributed by atoms with Crippen LogP contribution in [0.15, 0.2) is 60.7 Å². The number of carbonyl (C=O) groups is 2. The monoisotopic (exact) mass is 484 g/mol. The predicted molar refractivity (Wildman–Crippen MR) is 137 cm³/mol. The first-order valence-electron chi connectivity index (χ1n) is 11.4. The molecule has 1 unspecified atom stereocenters. The molecule has 0 radical (unpaired) electrons. The van der Waals surface area contributed by atoms with Gasteiger partial charge < -0.3 is 10.2 Å².